The van der Waals surface area contributed by atoms with Crippen molar-refractivity contribution in [3.63, 3.8) is 0 Å². The Morgan fingerprint density at radius 2 is 2.22 bits per heavy atom. The number of amides is 2. The summed E-state index contributed by atoms with van der Waals surface area (Å²) in [6, 6.07) is 7.41. The average Bonchev–Trinajstić information content (AvgIpc) is 3.21. The topological polar surface area (TPSA) is 104 Å². The molecule has 0 aliphatic carbocycles. The molecule has 2 aromatic rings. The molecule has 1 aliphatic rings. The molecular weight excluding hydrogens is 410 g/mol. The van der Waals surface area contributed by atoms with Crippen molar-refractivity contribution in [2.75, 3.05) is 11.9 Å². The van der Waals surface area contributed by atoms with Crippen LogP contribution in [-0.2, 0) is 11.3 Å². The smallest absolute Gasteiger partial charge is 0.277 e. The highest BCUT2D eigenvalue weighted by molar-refractivity contribution is 9.10. The maximum atomic E-state index is 12.6. The number of nitrogens with two attached hydrogens (primary N) is 1. The molecule has 1 aromatic heterocycles. The second kappa shape index (κ2) is 8.22. The molecule has 1 fully saturated rings. The fourth-order valence-electron chi connectivity index (χ4n) is 3.38. The lowest BCUT2D eigenvalue weighted by Crippen LogP contribution is -2.39. The summed E-state index contributed by atoms with van der Waals surface area (Å²) in [5, 5.41) is 9.92. The first-order valence-corrected chi connectivity index (χ1v) is 9.83. The van der Waals surface area contributed by atoms with E-state index in [0.29, 0.717) is 22.4 Å². The van der Waals surface area contributed by atoms with Crippen LogP contribution in [0.25, 0.3) is 0 Å². The normalized spacial score (nSPS) is 17.4. The van der Waals surface area contributed by atoms with Crippen LogP contribution in [0.1, 0.15) is 54.4 Å². The van der Waals surface area contributed by atoms with Crippen molar-refractivity contribution in [2.24, 2.45) is 5.73 Å². The van der Waals surface area contributed by atoms with Gasteiger partial charge in [-0.05, 0) is 58.9 Å². The average molecular weight is 434 g/mol. The Labute approximate surface area is 166 Å². The van der Waals surface area contributed by atoms with Crippen LogP contribution in [0.4, 0.5) is 5.69 Å². The number of benzene rings is 1. The first kappa shape index (κ1) is 19.6. The quantitative estimate of drug-likeness (QED) is 0.650. The molecule has 2 heterocycles. The van der Waals surface area contributed by atoms with Gasteiger partial charge in [0.05, 0.1) is 16.2 Å². The molecule has 144 valence electrons. The van der Waals surface area contributed by atoms with E-state index >= 15 is 0 Å². The summed E-state index contributed by atoms with van der Waals surface area (Å²) in [4.78, 5) is 26.2. The van der Waals surface area contributed by atoms with E-state index in [1.165, 1.54) is 0 Å². The van der Waals surface area contributed by atoms with E-state index in [1.807, 2.05) is 38.1 Å². The molecule has 1 aromatic carbocycles. The van der Waals surface area contributed by atoms with Crippen LogP contribution in [-0.4, -0.2) is 39.5 Å². The van der Waals surface area contributed by atoms with E-state index in [-0.39, 0.29) is 23.8 Å². The molecule has 1 aliphatic heterocycles. The molecule has 3 rings (SSSR count). The molecule has 1 saturated heterocycles. The maximum absolute atomic E-state index is 12.6. The highest BCUT2D eigenvalue weighted by Crippen LogP contribution is 2.26. The van der Waals surface area contributed by atoms with Gasteiger partial charge in [-0.1, -0.05) is 26.0 Å². The lowest BCUT2D eigenvalue weighted by atomic mass is 10.1. The summed E-state index contributed by atoms with van der Waals surface area (Å²) in [5.74, 6) is -0.324. The van der Waals surface area contributed by atoms with Crippen molar-refractivity contribution in [3.8, 4) is 0 Å². The summed E-state index contributed by atoms with van der Waals surface area (Å²) < 4.78 is 0.688. The first-order chi connectivity index (χ1) is 12.9. The third-order valence-electron chi connectivity index (χ3n) is 4.79. The number of H-pyrrole nitrogens is 1. The van der Waals surface area contributed by atoms with E-state index in [0.717, 1.165) is 30.6 Å². The Morgan fingerprint density at radius 3 is 2.89 bits per heavy atom. The van der Waals surface area contributed by atoms with Gasteiger partial charge in [0.25, 0.3) is 5.91 Å². The predicted octanol–water partition coefficient (Wildman–Crippen LogP) is 3.00. The van der Waals surface area contributed by atoms with Gasteiger partial charge in [-0.3, -0.25) is 19.6 Å². The van der Waals surface area contributed by atoms with Gasteiger partial charge in [0.1, 0.15) is 0 Å². The third kappa shape index (κ3) is 4.39. The zero-order valence-electron chi connectivity index (χ0n) is 15.5. The predicted molar refractivity (Wildman–Crippen MR) is 107 cm³/mol. The number of halogens is 1. The molecule has 4 N–H and O–H groups in total. The molecule has 0 bridgehead atoms. The molecule has 2 amide bonds. The van der Waals surface area contributed by atoms with Crippen LogP contribution in [0, 0.1) is 0 Å². The number of aromatic amines is 1. The van der Waals surface area contributed by atoms with E-state index < -0.39 is 0 Å². The molecule has 27 heavy (non-hydrogen) atoms. The lowest BCUT2D eigenvalue weighted by molar-refractivity contribution is -0.122. The molecule has 1 atom stereocenters. The summed E-state index contributed by atoms with van der Waals surface area (Å²) in [7, 11) is 0. The van der Waals surface area contributed by atoms with Crippen molar-refractivity contribution < 1.29 is 9.59 Å². The Morgan fingerprint density at radius 1 is 1.44 bits per heavy atom. The van der Waals surface area contributed by atoms with Crippen LogP contribution in [0.2, 0.25) is 0 Å². The van der Waals surface area contributed by atoms with Crippen molar-refractivity contribution in [1.82, 2.24) is 15.1 Å². The van der Waals surface area contributed by atoms with Crippen molar-refractivity contribution in [1.29, 1.82) is 0 Å². The number of anilines is 1. The molecule has 0 saturated carbocycles. The maximum Gasteiger partial charge on any atom is 0.277 e. The third-order valence-corrected chi connectivity index (χ3v) is 5.59. The largest absolute Gasteiger partial charge is 0.368 e. The van der Waals surface area contributed by atoms with E-state index in [1.54, 1.807) is 0 Å². The highest BCUT2D eigenvalue weighted by atomic mass is 79.9. The molecular formula is C19H24BrN5O2. The number of nitrogens with zero attached hydrogens (tertiary/aromatic N) is 2. The zero-order chi connectivity index (χ0) is 19.6. The summed E-state index contributed by atoms with van der Waals surface area (Å²) >= 11 is 3.45. The van der Waals surface area contributed by atoms with E-state index in [9.17, 15) is 9.59 Å². The van der Waals surface area contributed by atoms with Crippen LogP contribution in [0.3, 0.4) is 0 Å². The number of carbonyl (C=O) groups is 2. The number of primary amides is 1. The minimum absolute atomic E-state index is 0.210. The molecule has 1 unspecified atom stereocenters. The second-order valence-electron chi connectivity index (χ2n) is 7.14. The molecule has 0 spiro atoms. The van der Waals surface area contributed by atoms with Crippen LogP contribution in [0.5, 0.6) is 0 Å². The minimum atomic E-state index is -0.279. The zero-order valence-corrected chi connectivity index (χ0v) is 17.0. The first-order valence-electron chi connectivity index (χ1n) is 9.04. The van der Waals surface area contributed by atoms with Gasteiger partial charge in [0.2, 0.25) is 5.91 Å². The Bertz CT molecular complexity index is 848. The SMILES string of the molecule is CC(C)c1[nH]nc(C(=O)Nc2cccc(CN3CCCC3C(N)=O)c2)c1Br. The van der Waals surface area contributed by atoms with Gasteiger partial charge in [-0.2, -0.15) is 5.10 Å². The van der Waals surface area contributed by atoms with E-state index in [4.69, 9.17) is 5.73 Å². The number of hydrogen-bond donors (Lipinski definition) is 3. The highest BCUT2D eigenvalue weighted by Gasteiger charge is 2.28. The van der Waals surface area contributed by atoms with Gasteiger partial charge in [-0.15, -0.1) is 0 Å². The van der Waals surface area contributed by atoms with Crippen LogP contribution >= 0.6 is 15.9 Å². The van der Waals surface area contributed by atoms with Gasteiger partial charge in [-0.25, -0.2) is 0 Å². The number of carbonyl (C=O) groups excluding carboxylic acids is 2. The molecule has 0 radical (unpaired) electrons. The number of hydrogen-bond acceptors (Lipinski definition) is 4. The number of aromatic nitrogens is 2. The Kier molecular flexibility index (Phi) is 5.96. The van der Waals surface area contributed by atoms with Crippen LogP contribution < -0.4 is 11.1 Å². The van der Waals surface area contributed by atoms with Crippen molar-refractivity contribution >= 4 is 33.4 Å². The van der Waals surface area contributed by atoms with Crippen molar-refractivity contribution in [2.45, 2.75) is 45.2 Å². The molecule has 8 heteroatoms. The summed E-state index contributed by atoms with van der Waals surface area (Å²) in [5.41, 5.74) is 8.41. The number of likely N-dealkylation sites (tertiary alicyclic amines) is 1. The van der Waals surface area contributed by atoms with Gasteiger partial charge in [0, 0.05) is 12.2 Å². The monoisotopic (exact) mass is 433 g/mol. The standard InChI is InChI=1S/C19H24BrN5O2/c1-11(2)16-15(20)17(24-23-16)19(27)22-13-6-3-5-12(9-13)10-25-8-4-7-14(25)18(21)26/h3,5-6,9,11,14H,4,7-8,10H2,1-2H3,(H2,21,26)(H,22,27)(H,23,24). The van der Waals surface area contributed by atoms with Crippen LogP contribution in [0.15, 0.2) is 28.7 Å². The summed E-state index contributed by atoms with van der Waals surface area (Å²) in [6.07, 6.45) is 1.77. The Balaban J connectivity index is 1.70. The van der Waals surface area contributed by atoms with Crippen molar-refractivity contribution in [3.05, 3.63) is 45.7 Å². The summed E-state index contributed by atoms with van der Waals surface area (Å²) in [6.45, 7) is 5.53. The fraction of sp³-hybridized carbons (Fsp3) is 0.421. The fourth-order valence-corrected chi connectivity index (χ4v) is 4.20. The number of rotatable bonds is 6. The number of nitrogens with one attached hydrogen (secondary N) is 2. The minimum Gasteiger partial charge on any atom is -0.368 e. The van der Waals surface area contributed by atoms with Gasteiger partial charge >= 0.3 is 0 Å². The Hall–Kier alpha value is -2.19. The van der Waals surface area contributed by atoms with Gasteiger partial charge in [0.15, 0.2) is 5.69 Å². The molecule has 7 nitrogen and oxygen atoms in total. The van der Waals surface area contributed by atoms with Gasteiger partial charge < -0.3 is 11.1 Å². The second-order valence-corrected chi connectivity index (χ2v) is 7.93. The van der Waals surface area contributed by atoms with E-state index in [2.05, 4.69) is 36.3 Å². The lowest BCUT2D eigenvalue weighted by Gasteiger charge is -2.22.